The van der Waals surface area contributed by atoms with Crippen molar-refractivity contribution >= 4 is 38.4 Å². The number of hydrogen-bond donors (Lipinski definition) is 0. The van der Waals surface area contributed by atoms with Crippen molar-refractivity contribution < 1.29 is 13.2 Å². The number of amides is 1. The number of aryl methyl sites for hydroxylation is 2. The summed E-state index contributed by atoms with van der Waals surface area (Å²) >= 11 is 1.43. The van der Waals surface area contributed by atoms with Crippen LogP contribution in [-0.4, -0.2) is 42.3 Å². The Hall–Kier alpha value is -1.34. The molecule has 1 aromatic carbocycles. The number of aliphatic imine (C=N–C) groups is 1. The zero-order chi connectivity index (χ0) is 18.4. The Morgan fingerprint density at radius 2 is 2.08 bits per heavy atom. The van der Waals surface area contributed by atoms with Crippen molar-refractivity contribution in [2.24, 2.45) is 10.9 Å². The summed E-state index contributed by atoms with van der Waals surface area (Å²) in [6, 6.07) is 5.96. The number of nitrogens with zero attached hydrogens (tertiary/aromatic N) is 2. The summed E-state index contributed by atoms with van der Waals surface area (Å²) in [7, 11) is -3.04. The van der Waals surface area contributed by atoms with Crippen molar-refractivity contribution in [1.82, 2.24) is 0 Å². The number of fused-ring (bicyclic) bond motifs is 1. The first-order valence-corrected chi connectivity index (χ1v) is 11.3. The molecule has 1 amide bonds. The predicted octanol–water partition coefficient (Wildman–Crippen LogP) is 2.95. The molecule has 0 unspecified atom stereocenters. The fourth-order valence-corrected chi connectivity index (χ4v) is 7.12. The molecule has 5 nitrogen and oxygen atoms in total. The van der Waals surface area contributed by atoms with Gasteiger partial charge in [-0.05, 0) is 37.5 Å². The van der Waals surface area contributed by atoms with Gasteiger partial charge in [0, 0.05) is 16.9 Å². The second kappa shape index (κ2) is 6.76. The number of thioether (sulfide) groups is 1. The van der Waals surface area contributed by atoms with E-state index in [1.807, 2.05) is 50.8 Å². The first-order chi connectivity index (χ1) is 11.7. The average Bonchev–Trinajstić information content (AvgIpc) is 3.00. The lowest BCUT2D eigenvalue weighted by Gasteiger charge is -2.26. The van der Waals surface area contributed by atoms with Gasteiger partial charge in [-0.1, -0.05) is 37.7 Å². The van der Waals surface area contributed by atoms with Crippen molar-refractivity contribution in [3.8, 4) is 0 Å². The van der Waals surface area contributed by atoms with Gasteiger partial charge in [-0.15, -0.1) is 0 Å². The summed E-state index contributed by atoms with van der Waals surface area (Å²) in [5, 5.41) is 0.581. The van der Waals surface area contributed by atoms with Crippen LogP contribution in [0.1, 0.15) is 31.4 Å². The molecule has 3 atom stereocenters. The van der Waals surface area contributed by atoms with Gasteiger partial charge in [0.2, 0.25) is 0 Å². The second-order valence-electron chi connectivity index (χ2n) is 7.00. The van der Waals surface area contributed by atoms with Crippen LogP contribution in [0.2, 0.25) is 0 Å². The second-order valence-corrected chi connectivity index (χ2v) is 10.4. The van der Waals surface area contributed by atoms with Gasteiger partial charge in [-0.2, -0.15) is 4.99 Å². The highest BCUT2D eigenvalue weighted by molar-refractivity contribution is 8.16. The Kier molecular flexibility index (Phi) is 4.99. The molecule has 2 aliphatic rings. The molecule has 0 aliphatic carbocycles. The molecule has 2 heterocycles. The number of benzene rings is 1. The number of rotatable bonds is 3. The summed E-state index contributed by atoms with van der Waals surface area (Å²) in [6.07, 6.45) is 0.741. The van der Waals surface area contributed by atoms with Crippen LogP contribution in [0, 0.1) is 19.8 Å². The van der Waals surface area contributed by atoms with Crippen LogP contribution < -0.4 is 4.90 Å². The van der Waals surface area contributed by atoms with Gasteiger partial charge in [0.1, 0.15) is 0 Å². The fraction of sp³-hybridized carbons (Fsp3) is 0.556. The Morgan fingerprint density at radius 3 is 2.76 bits per heavy atom. The van der Waals surface area contributed by atoms with Crippen molar-refractivity contribution in [3.05, 3.63) is 29.3 Å². The van der Waals surface area contributed by atoms with Gasteiger partial charge in [-0.25, -0.2) is 8.42 Å². The van der Waals surface area contributed by atoms with E-state index in [0.717, 1.165) is 23.2 Å². The molecule has 2 fully saturated rings. The van der Waals surface area contributed by atoms with Crippen LogP contribution in [0.5, 0.6) is 0 Å². The van der Waals surface area contributed by atoms with Gasteiger partial charge in [0.25, 0.3) is 5.91 Å². The fourth-order valence-electron chi connectivity index (χ4n) is 3.20. The third kappa shape index (κ3) is 3.62. The SMILES string of the molecule is CC[C@H](C)C(=O)N=C1S[C@@H]2CS(=O)(=O)C[C@@H]2N1c1cc(C)ccc1C. The lowest BCUT2D eigenvalue weighted by molar-refractivity contribution is -0.121. The molecule has 0 spiro atoms. The maximum absolute atomic E-state index is 12.4. The maximum Gasteiger partial charge on any atom is 0.250 e. The summed E-state index contributed by atoms with van der Waals surface area (Å²) in [4.78, 5) is 18.7. The topological polar surface area (TPSA) is 66.8 Å². The number of amidine groups is 1. The predicted molar refractivity (Wildman–Crippen MR) is 104 cm³/mol. The van der Waals surface area contributed by atoms with Crippen molar-refractivity contribution in [3.63, 3.8) is 0 Å². The summed E-state index contributed by atoms with van der Waals surface area (Å²) in [6.45, 7) is 7.86. The van der Waals surface area contributed by atoms with E-state index in [-0.39, 0.29) is 34.6 Å². The summed E-state index contributed by atoms with van der Waals surface area (Å²) in [5.41, 5.74) is 3.11. The quantitative estimate of drug-likeness (QED) is 0.806. The smallest absolute Gasteiger partial charge is 0.250 e. The minimum atomic E-state index is -3.04. The molecule has 2 saturated heterocycles. The molecule has 0 N–H and O–H groups in total. The normalized spacial score (nSPS) is 27.5. The zero-order valence-electron chi connectivity index (χ0n) is 15.0. The van der Waals surface area contributed by atoms with Gasteiger partial charge in [-0.3, -0.25) is 4.79 Å². The number of carbonyl (C=O) groups is 1. The van der Waals surface area contributed by atoms with E-state index >= 15 is 0 Å². The maximum atomic E-state index is 12.4. The van der Waals surface area contributed by atoms with Gasteiger partial charge in [0.05, 0.1) is 17.5 Å². The lowest BCUT2D eigenvalue weighted by Crippen LogP contribution is -2.38. The van der Waals surface area contributed by atoms with Crippen molar-refractivity contribution in [2.75, 3.05) is 16.4 Å². The van der Waals surface area contributed by atoms with Crippen LogP contribution in [-0.2, 0) is 14.6 Å². The Morgan fingerprint density at radius 1 is 1.36 bits per heavy atom. The van der Waals surface area contributed by atoms with E-state index in [0.29, 0.717) is 5.17 Å². The largest absolute Gasteiger partial charge is 0.315 e. The molecule has 1 aromatic rings. The molecule has 3 rings (SSSR count). The van der Waals surface area contributed by atoms with Gasteiger partial charge in [0.15, 0.2) is 15.0 Å². The Bertz CT molecular complexity index is 833. The first kappa shape index (κ1) is 18.5. The third-order valence-electron chi connectivity index (χ3n) is 4.93. The van der Waals surface area contributed by atoms with Crippen LogP contribution in [0.25, 0.3) is 0 Å². The van der Waals surface area contributed by atoms with Crippen LogP contribution in [0.4, 0.5) is 5.69 Å². The lowest BCUT2D eigenvalue weighted by atomic mass is 10.1. The molecule has 0 aromatic heterocycles. The van der Waals surface area contributed by atoms with Gasteiger partial charge >= 0.3 is 0 Å². The highest BCUT2D eigenvalue weighted by Gasteiger charge is 2.49. The number of sulfone groups is 1. The van der Waals surface area contributed by atoms with E-state index in [1.165, 1.54) is 11.8 Å². The highest BCUT2D eigenvalue weighted by atomic mass is 32.2. The summed E-state index contributed by atoms with van der Waals surface area (Å²) in [5.74, 6) is 0.00956. The first-order valence-electron chi connectivity index (χ1n) is 8.58. The van der Waals surface area contributed by atoms with E-state index in [2.05, 4.69) is 4.99 Å². The molecule has 7 heteroatoms. The molecule has 0 saturated carbocycles. The van der Waals surface area contributed by atoms with Crippen LogP contribution in [0.15, 0.2) is 23.2 Å². The minimum absolute atomic E-state index is 0.0617. The monoisotopic (exact) mass is 380 g/mol. The number of carbonyl (C=O) groups excluding carboxylic acids is 1. The van der Waals surface area contributed by atoms with Crippen molar-refractivity contribution in [2.45, 2.75) is 45.4 Å². The molecule has 2 aliphatic heterocycles. The molecule has 0 bridgehead atoms. The molecular weight excluding hydrogens is 356 g/mol. The molecule has 136 valence electrons. The molecule has 0 radical (unpaired) electrons. The molecule has 25 heavy (non-hydrogen) atoms. The average molecular weight is 381 g/mol. The van der Waals surface area contributed by atoms with Gasteiger partial charge < -0.3 is 4.90 Å². The van der Waals surface area contributed by atoms with Crippen LogP contribution in [0.3, 0.4) is 0 Å². The zero-order valence-corrected chi connectivity index (χ0v) is 16.7. The van der Waals surface area contributed by atoms with E-state index in [9.17, 15) is 13.2 Å². The summed E-state index contributed by atoms with van der Waals surface area (Å²) < 4.78 is 24.2. The van der Waals surface area contributed by atoms with Crippen LogP contribution >= 0.6 is 11.8 Å². The van der Waals surface area contributed by atoms with E-state index < -0.39 is 9.84 Å². The number of hydrogen-bond acceptors (Lipinski definition) is 4. The Balaban J connectivity index is 2.05. The van der Waals surface area contributed by atoms with E-state index in [4.69, 9.17) is 0 Å². The third-order valence-corrected chi connectivity index (χ3v) is 8.14. The highest BCUT2D eigenvalue weighted by Crippen LogP contribution is 2.42. The standard InChI is InChI=1S/C18H24N2O3S2/c1-5-12(3)17(21)19-18-20(14-8-11(2)6-7-13(14)4)15-9-25(22,23)10-16(15)24-18/h6-8,12,15-16H,5,9-10H2,1-4H3/t12-,15-,16+/m0/s1. The van der Waals surface area contributed by atoms with Crippen molar-refractivity contribution in [1.29, 1.82) is 0 Å². The molecular formula is C18H24N2O3S2. The minimum Gasteiger partial charge on any atom is -0.315 e. The number of anilines is 1. The van der Waals surface area contributed by atoms with E-state index in [1.54, 1.807) is 0 Å². The Labute approximate surface area is 153 Å².